The van der Waals surface area contributed by atoms with Gasteiger partial charge in [-0.15, -0.1) is 0 Å². The third-order valence-electron chi connectivity index (χ3n) is 9.13. The molecule has 5 rings (SSSR count). The first-order chi connectivity index (χ1) is 17.7. The van der Waals surface area contributed by atoms with E-state index in [0.717, 1.165) is 63.5 Å². The minimum absolute atomic E-state index is 0.0534. The van der Waals surface area contributed by atoms with Gasteiger partial charge in [-0.2, -0.15) is 13.2 Å². The Hall–Kier alpha value is -2.28. The SMILES string of the molecule is CCC1CCC(Oc2ccc3ccc(CCN4C5CCC[C@@H]4CC(C(=O)O)C5)cc3c2C(F)(F)F)CC1. The minimum Gasteiger partial charge on any atom is -0.490 e. The molecule has 0 amide bonds. The molecule has 0 spiro atoms. The molecule has 202 valence electrons. The Morgan fingerprint density at radius 2 is 1.70 bits per heavy atom. The second-order valence-corrected chi connectivity index (χ2v) is 11.4. The number of rotatable bonds is 7. The van der Waals surface area contributed by atoms with E-state index in [-0.39, 0.29) is 35.2 Å². The molecule has 2 aromatic rings. The van der Waals surface area contributed by atoms with Crippen molar-refractivity contribution in [3.05, 3.63) is 41.5 Å². The molecule has 2 heterocycles. The number of halogens is 3. The lowest BCUT2D eigenvalue weighted by Gasteiger charge is -2.48. The van der Waals surface area contributed by atoms with Crippen LogP contribution in [0.15, 0.2) is 30.3 Å². The van der Waals surface area contributed by atoms with E-state index in [1.54, 1.807) is 18.2 Å². The highest BCUT2D eigenvalue weighted by Crippen LogP contribution is 2.43. The maximum Gasteiger partial charge on any atom is 0.420 e. The lowest BCUT2D eigenvalue weighted by atomic mass is 9.78. The predicted octanol–water partition coefficient (Wildman–Crippen LogP) is 7.47. The minimum atomic E-state index is -4.51. The Balaban J connectivity index is 1.35. The van der Waals surface area contributed by atoms with Gasteiger partial charge in [-0.05, 0) is 86.1 Å². The van der Waals surface area contributed by atoms with Crippen LogP contribution in [0.2, 0.25) is 0 Å². The standard InChI is InChI=1S/C30H38F3NO3/c1-2-19-7-11-25(12-8-19)37-27-13-10-21-9-6-20(16-26(21)28(27)30(31,32)33)14-15-34-23-4-3-5-24(34)18-22(17-23)29(35)36/h6,9-10,13,16,19,22-25H,2-5,7-8,11-12,14-15,17-18H2,1H3,(H,35,36)/t19?,22?,23-,24?,25?/m1/s1. The van der Waals surface area contributed by atoms with Crippen molar-refractivity contribution in [2.45, 2.75) is 102 Å². The Labute approximate surface area is 217 Å². The molecular formula is C30H38F3NO3. The fourth-order valence-electron chi connectivity index (χ4n) is 7.03. The summed E-state index contributed by atoms with van der Waals surface area (Å²) < 4.78 is 49.1. The lowest BCUT2D eigenvalue weighted by molar-refractivity contribution is -0.146. The summed E-state index contributed by atoms with van der Waals surface area (Å²) in [5, 5.41) is 10.3. The summed E-state index contributed by atoms with van der Waals surface area (Å²) in [7, 11) is 0. The first-order valence-corrected chi connectivity index (χ1v) is 14.0. The molecule has 3 aliphatic rings. The van der Waals surface area contributed by atoms with Crippen molar-refractivity contribution in [3.63, 3.8) is 0 Å². The zero-order chi connectivity index (χ0) is 26.2. The summed E-state index contributed by atoms with van der Waals surface area (Å²) in [6.07, 6.45) is 5.14. The Kier molecular flexibility index (Phi) is 7.71. The molecule has 3 atom stereocenters. The van der Waals surface area contributed by atoms with Crippen molar-refractivity contribution in [1.82, 2.24) is 4.90 Å². The molecule has 2 bridgehead atoms. The molecule has 1 saturated carbocycles. The Bertz CT molecular complexity index is 1100. The maximum absolute atomic E-state index is 14.4. The lowest BCUT2D eigenvalue weighted by Crippen LogP contribution is -2.53. The van der Waals surface area contributed by atoms with E-state index in [1.807, 2.05) is 6.07 Å². The molecule has 3 fully saturated rings. The van der Waals surface area contributed by atoms with Gasteiger partial charge in [-0.1, -0.05) is 44.0 Å². The van der Waals surface area contributed by atoms with Gasteiger partial charge in [0.15, 0.2) is 0 Å². The number of fused-ring (bicyclic) bond motifs is 3. The van der Waals surface area contributed by atoms with Gasteiger partial charge in [-0.25, -0.2) is 0 Å². The smallest absolute Gasteiger partial charge is 0.420 e. The second-order valence-electron chi connectivity index (χ2n) is 11.4. The monoisotopic (exact) mass is 517 g/mol. The van der Waals surface area contributed by atoms with Crippen LogP contribution in [-0.4, -0.2) is 40.7 Å². The van der Waals surface area contributed by atoms with Crippen molar-refractivity contribution in [2.75, 3.05) is 6.54 Å². The number of carboxylic acids is 1. The van der Waals surface area contributed by atoms with Crippen LogP contribution in [0.1, 0.15) is 82.3 Å². The van der Waals surface area contributed by atoms with Crippen LogP contribution in [0, 0.1) is 11.8 Å². The fraction of sp³-hybridized carbons (Fsp3) is 0.633. The molecule has 2 saturated heterocycles. The topological polar surface area (TPSA) is 49.8 Å². The van der Waals surface area contributed by atoms with E-state index in [9.17, 15) is 23.1 Å². The van der Waals surface area contributed by atoms with Crippen LogP contribution in [0.5, 0.6) is 5.75 Å². The molecule has 2 unspecified atom stereocenters. The largest absolute Gasteiger partial charge is 0.490 e. The van der Waals surface area contributed by atoms with Crippen LogP contribution in [0.4, 0.5) is 13.2 Å². The number of alkyl halides is 3. The average Bonchev–Trinajstić information content (AvgIpc) is 2.86. The molecule has 7 heteroatoms. The molecular weight excluding hydrogens is 479 g/mol. The van der Waals surface area contributed by atoms with Crippen molar-refractivity contribution < 1.29 is 27.8 Å². The van der Waals surface area contributed by atoms with Gasteiger partial charge in [0.2, 0.25) is 0 Å². The third-order valence-corrected chi connectivity index (χ3v) is 9.13. The predicted molar refractivity (Wildman–Crippen MR) is 138 cm³/mol. The van der Waals surface area contributed by atoms with E-state index in [4.69, 9.17) is 4.74 Å². The van der Waals surface area contributed by atoms with Gasteiger partial charge in [-0.3, -0.25) is 9.69 Å². The summed E-state index contributed by atoms with van der Waals surface area (Å²) in [5.41, 5.74) is 0.209. The average molecular weight is 518 g/mol. The Morgan fingerprint density at radius 1 is 1.03 bits per heavy atom. The maximum atomic E-state index is 14.4. The van der Waals surface area contributed by atoms with Crippen molar-refractivity contribution in [1.29, 1.82) is 0 Å². The molecule has 2 aliphatic heterocycles. The molecule has 4 nitrogen and oxygen atoms in total. The van der Waals surface area contributed by atoms with Crippen molar-refractivity contribution in [2.24, 2.45) is 11.8 Å². The zero-order valence-electron chi connectivity index (χ0n) is 21.6. The van der Waals surface area contributed by atoms with E-state index < -0.39 is 17.7 Å². The van der Waals surface area contributed by atoms with Crippen LogP contribution in [0.3, 0.4) is 0 Å². The molecule has 0 aromatic heterocycles. The number of carboxylic acid groups (broad SMARTS) is 1. The molecule has 37 heavy (non-hydrogen) atoms. The van der Waals surface area contributed by atoms with Gasteiger partial charge >= 0.3 is 12.1 Å². The summed E-state index contributed by atoms with van der Waals surface area (Å²) in [5.74, 6) is -0.392. The van der Waals surface area contributed by atoms with E-state index >= 15 is 0 Å². The van der Waals surface area contributed by atoms with Gasteiger partial charge < -0.3 is 9.84 Å². The van der Waals surface area contributed by atoms with Crippen LogP contribution in [0.25, 0.3) is 10.8 Å². The van der Waals surface area contributed by atoms with Gasteiger partial charge in [0, 0.05) is 18.6 Å². The van der Waals surface area contributed by atoms with E-state index in [0.29, 0.717) is 30.6 Å². The number of piperidine rings is 2. The first kappa shape index (κ1) is 26.3. The molecule has 1 aliphatic carbocycles. The third kappa shape index (κ3) is 5.76. The molecule has 1 N–H and O–H groups in total. The van der Waals surface area contributed by atoms with Crippen molar-refractivity contribution in [3.8, 4) is 5.75 Å². The van der Waals surface area contributed by atoms with E-state index in [1.165, 1.54) is 6.07 Å². The first-order valence-electron chi connectivity index (χ1n) is 14.0. The molecule has 2 aromatic carbocycles. The number of ether oxygens (including phenoxy) is 1. The Morgan fingerprint density at radius 3 is 2.32 bits per heavy atom. The number of aliphatic carboxylic acids is 1. The van der Waals surface area contributed by atoms with Gasteiger partial charge in [0.25, 0.3) is 0 Å². The summed E-state index contributed by atoms with van der Waals surface area (Å²) >= 11 is 0. The highest BCUT2D eigenvalue weighted by Gasteiger charge is 2.41. The quantitative estimate of drug-likeness (QED) is 0.414. The van der Waals surface area contributed by atoms with Gasteiger partial charge in [0.1, 0.15) is 11.3 Å². The summed E-state index contributed by atoms with van der Waals surface area (Å²) in [6.45, 7) is 2.91. The highest BCUT2D eigenvalue weighted by atomic mass is 19.4. The highest BCUT2D eigenvalue weighted by molar-refractivity contribution is 5.89. The number of nitrogens with zero attached hydrogens (tertiary/aromatic N) is 1. The normalized spacial score (nSPS) is 28.8. The van der Waals surface area contributed by atoms with Crippen molar-refractivity contribution >= 4 is 16.7 Å². The number of carbonyl (C=O) groups is 1. The fourth-order valence-corrected chi connectivity index (χ4v) is 7.03. The van der Waals surface area contributed by atoms with Crippen LogP contribution < -0.4 is 4.74 Å². The van der Waals surface area contributed by atoms with Gasteiger partial charge in [0.05, 0.1) is 12.0 Å². The zero-order valence-corrected chi connectivity index (χ0v) is 21.6. The van der Waals surface area contributed by atoms with Crippen LogP contribution >= 0.6 is 0 Å². The number of hydrogen-bond donors (Lipinski definition) is 1. The number of hydrogen-bond acceptors (Lipinski definition) is 3. The summed E-state index contributed by atoms with van der Waals surface area (Å²) in [6, 6.07) is 9.14. The number of benzene rings is 2. The second kappa shape index (κ2) is 10.8. The summed E-state index contributed by atoms with van der Waals surface area (Å²) in [4.78, 5) is 14.0. The van der Waals surface area contributed by atoms with E-state index in [2.05, 4.69) is 11.8 Å². The molecule has 0 radical (unpaired) electrons. The van der Waals surface area contributed by atoms with Crippen LogP contribution in [-0.2, 0) is 17.4 Å².